The van der Waals surface area contributed by atoms with Crippen LogP contribution < -0.4 is 0 Å². The number of hydrogen-bond donors (Lipinski definition) is 0. The van der Waals surface area contributed by atoms with E-state index in [-0.39, 0.29) is 23.8 Å². The topological polar surface area (TPSA) is 54.5 Å². The summed E-state index contributed by atoms with van der Waals surface area (Å²) in [5.41, 5.74) is 0.941. The number of piperidine rings is 1. The second kappa shape index (κ2) is 7.95. The third-order valence-electron chi connectivity index (χ3n) is 5.53. The number of amides is 1. The lowest BCUT2D eigenvalue weighted by molar-refractivity contribution is -0.131. The molecule has 1 amide bonds. The molecule has 0 N–H and O–H groups in total. The van der Waals surface area contributed by atoms with Crippen LogP contribution >= 0.6 is 0 Å². The highest BCUT2D eigenvalue weighted by molar-refractivity contribution is 7.92. The van der Waals surface area contributed by atoms with Gasteiger partial charge in [0, 0.05) is 13.1 Å². The highest BCUT2D eigenvalue weighted by Crippen LogP contribution is 2.25. The molecule has 3 aromatic rings. The first-order valence-electron chi connectivity index (χ1n) is 9.69. The van der Waals surface area contributed by atoms with Gasteiger partial charge < -0.3 is 4.90 Å². The Bertz CT molecular complexity index is 1140. The summed E-state index contributed by atoms with van der Waals surface area (Å²) in [4.78, 5) is 14.7. The zero-order valence-corrected chi connectivity index (χ0v) is 16.7. The van der Waals surface area contributed by atoms with Gasteiger partial charge in [-0.3, -0.25) is 4.79 Å². The summed E-state index contributed by atoms with van der Waals surface area (Å²) in [6, 6.07) is 18.7. The second-order valence-electron chi connectivity index (χ2n) is 7.42. The maximum absolute atomic E-state index is 13.2. The molecule has 0 saturated carbocycles. The molecule has 1 atom stereocenters. The van der Waals surface area contributed by atoms with Gasteiger partial charge in [-0.15, -0.1) is 0 Å². The van der Waals surface area contributed by atoms with E-state index in [4.69, 9.17) is 0 Å². The van der Waals surface area contributed by atoms with Crippen LogP contribution in [0.2, 0.25) is 0 Å². The number of carbonyl (C=O) groups is 1. The molecular formula is C23H22FNO3S. The zero-order chi connectivity index (χ0) is 20.4. The maximum atomic E-state index is 13.2. The van der Waals surface area contributed by atoms with Gasteiger partial charge in [-0.05, 0) is 53.4 Å². The molecular weight excluding hydrogens is 389 g/mol. The van der Waals surface area contributed by atoms with Crippen LogP contribution in [0.3, 0.4) is 0 Å². The molecule has 1 saturated heterocycles. The number of nitrogens with zero attached hydrogens (tertiary/aromatic N) is 1. The van der Waals surface area contributed by atoms with Crippen molar-refractivity contribution in [3.05, 3.63) is 78.1 Å². The number of halogens is 1. The van der Waals surface area contributed by atoms with Crippen LogP contribution in [-0.2, 0) is 21.1 Å². The number of hydrogen-bond acceptors (Lipinski definition) is 3. The normalized spacial score (nSPS) is 17.4. The molecule has 1 aliphatic rings. The van der Waals surface area contributed by atoms with E-state index in [1.165, 1.54) is 12.1 Å². The van der Waals surface area contributed by atoms with Crippen LogP contribution in [0.5, 0.6) is 0 Å². The second-order valence-corrected chi connectivity index (χ2v) is 9.65. The third-order valence-corrected chi connectivity index (χ3v) is 7.73. The maximum Gasteiger partial charge on any atom is 0.227 e. The highest BCUT2D eigenvalue weighted by atomic mass is 32.2. The first-order chi connectivity index (χ1) is 13.9. The van der Waals surface area contributed by atoms with Crippen molar-refractivity contribution in [3.63, 3.8) is 0 Å². The van der Waals surface area contributed by atoms with Gasteiger partial charge in [0.2, 0.25) is 5.91 Å². The van der Waals surface area contributed by atoms with Gasteiger partial charge in [-0.25, -0.2) is 12.8 Å². The Labute approximate surface area is 169 Å². The standard InChI is InChI=1S/C23H22FNO3S/c24-19-10-12-20(13-11-19)29(27,28)21-8-4-14-25(16-21)23(26)15-18-7-3-6-17-5-1-2-9-22(17)18/h1-3,5-7,9-13,21H,4,8,14-16H2/t21-/m0/s1. The molecule has 0 unspecified atom stereocenters. The fourth-order valence-electron chi connectivity index (χ4n) is 3.96. The average molecular weight is 411 g/mol. The van der Waals surface area contributed by atoms with Gasteiger partial charge in [0.15, 0.2) is 9.84 Å². The molecule has 6 heteroatoms. The van der Waals surface area contributed by atoms with Crippen molar-refractivity contribution in [3.8, 4) is 0 Å². The zero-order valence-electron chi connectivity index (χ0n) is 15.9. The minimum atomic E-state index is -3.61. The Morgan fingerprint density at radius 1 is 1.00 bits per heavy atom. The predicted octanol–water partition coefficient (Wildman–Crippen LogP) is 3.99. The fourth-order valence-corrected chi connectivity index (χ4v) is 5.71. The summed E-state index contributed by atoms with van der Waals surface area (Å²) < 4.78 is 39.0. The van der Waals surface area contributed by atoms with E-state index in [1.807, 2.05) is 42.5 Å². The van der Waals surface area contributed by atoms with E-state index in [9.17, 15) is 17.6 Å². The van der Waals surface area contributed by atoms with Gasteiger partial charge >= 0.3 is 0 Å². The number of fused-ring (bicyclic) bond motifs is 1. The number of carbonyl (C=O) groups excluding carboxylic acids is 1. The Morgan fingerprint density at radius 2 is 1.72 bits per heavy atom. The summed E-state index contributed by atoms with van der Waals surface area (Å²) in [5, 5.41) is 1.45. The lowest BCUT2D eigenvalue weighted by Gasteiger charge is -2.32. The van der Waals surface area contributed by atoms with Crippen molar-refractivity contribution in [2.75, 3.05) is 13.1 Å². The Balaban J connectivity index is 1.52. The molecule has 0 radical (unpaired) electrons. The van der Waals surface area contributed by atoms with E-state index in [2.05, 4.69) is 0 Å². The van der Waals surface area contributed by atoms with Crippen molar-refractivity contribution >= 4 is 26.5 Å². The summed E-state index contributed by atoms with van der Waals surface area (Å²) in [7, 11) is -3.61. The first kappa shape index (κ1) is 19.6. The van der Waals surface area contributed by atoms with Crippen LogP contribution in [0.1, 0.15) is 18.4 Å². The molecule has 1 fully saturated rings. The molecule has 4 rings (SSSR count). The van der Waals surface area contributed by atoms with E-state index in [0.29, 0.717) is 19.4 Å². The van der Waals surface area contributed by atoms with E-state index in [0.717, 1.165) is 28.5 Å². The largest absolute Gasteiger partial charge is 0.341 e. The number of sulfone groups is 1. The lowest BCUT2D eigenvalue weighted by Crippen LogP contribution is -2.45. The number of likely N-dealkylation sites (tertiary alicyclic amines) is 1. The molecule has 1 aliphatic heterocycles. The predicted molar refractivity (Wildman–Crippen MR) is 111 cm³/mol. The molecule has 0 bridgehead atoms. The third kappa shape index (κ3) is 4.03. The van der Waals surface area contributed by atoms with E-state index in [1.54, 1.807) is 4.90 Å². The van der Waals surface area contributed by atoms with Crippen molar-refractivity contribution < 1.29 is 17.6 Å². The minimum Gasteiger partial charge on any atom is -0.341 e. The molecule has 150 valence electrons. The van der Waals surface area contributed by atoms with Crippen LogP contribution in [0.4, 0.5) is 4.39 Å². The number of benzene rings is 3. The molecule has 0 spiro atoms. The average Bonchev–Trinajstić information content (AvgIpc) is 2.74. The van der Waals surface area contributed by atoms with Gasteiger partial charge in [-0.1, -0.05) is 42.5 Å². The monoisotopic (exact) mass is 411 g/mol. The van der Waals surface area contributed by atoms with Crippen LogP contribution in [0.15, 0.2) is 71.6 Å². The van der Waals surface area contributed by atoms with Crippen LogP contribution in [-0.4, -0.2) is 37.6 Å². The van der Waals surface area contributed by atoms with Crippen molar-refractivity contribution in [2.45, 2.75) is 29.4 Å². The Hall–Kier alpha value is -2.73. The van der Waals surface area contributed by atoms with Crippen LogP contribution in [0.25, 0.3) is 10.8 Å². The molecule has 0 aromatic heterocycles. The molecule has 0 aliphatic carbocycles. The van der Waals surface area contributed by atoms with Gasteiger partial charge in [0.25, 0.3) is 0 Å². The SMILES string of the molecule is O=C(Cc1cccc2ccccc12)N1CCC[C@H](S(=O)(=O)c2ccc(F)cc2)C1. The minimum absolute atomic E-state index is 0.0691. The van der Waals surface area contributed by atoms with Crippen molar-refractivity contribution in [1.29, 1.82) is 0 Å². The van der Waals surface area contributed by atoms with Gasteiger partial charge in [0.1, 0.15) is 5.82 Å². The Morgan fingerprint density at radius 3 is 2.52 bits per heavy atom. The summed E-state index contributed by atoms with van der Waals surface area (Å²) in [6.45, 7) is 0.725. The fraction of sp³-hybridized carbons (Fsp3) is 0.261. The molecule has 29 heavy (non-hydrogen) atoms. The summed E-state index contributed by atoms with van der Waals surface area (Å²) >= 11 is 0. The van der Waals surface area contributed by atoms with Gasteiger partial charge in [-0.2, -0.15) is 0 Å². The Kier molecular flexibility index (Phi) is 5.37. The first-order valence-corrected chi connectivity index (χ1v) is 11.2. The van der Waals surface area contributed by atoms with E-state index >= 15 is 0 Å². The van der Waals surface area contributed by atoms with Gasteiger partial charge in [0.05, 0.1) is 16.6 Å². The lowest BCUT2D eigenvalue weighted by atomic mass is 10.0. The van der Waals surface area contributed by atoms with Crippen molar-refractivity contribution in [2.24, 2.45) is 0 Å². The van der Waals surface area contributed by atoms with Crippen LogP contribution in [0, 0.1) is 5.82 Å². The summed E-state index contributed by atoms with van der Waals surface area (Å²) in [5.74, 6) is -0.542. The molecule has 4 nitrogen and oxygen atoms in total. The van der Waals surface area contributed by atoms with E-state index < -0.39 is 20.9 Å². The smallest absolute Gasteiger partial charge is 0.227 e. The molecule has 1 heterocycles. The summed E-state index contributed by atoms with van der Waals surface area (Å²) in [6.07, 6.45) is 1.37. The highest BCUT2D eigenvalue weighted by Gasteiger charge is 2.33. The quantitative estimate of drug-likeness (QED) is 0.610. The molecule has 3 aromatic carbocycles. The van der Waals surface area contributed by atoms with Crippen molar-refractivity contribution in [1.82, 2.24) is 4.90 Å². The number of rotatable bonds is 4.